The van der Waals surface area contributed by atoms with Crippen LogP contribution in [-0.2, 0) is 12.6 Å². The number of fused-ring (bicyclic) bond motifs is 5. The molecule has 0 saturated carbocycles. The zero-order valence-corrected chi connectivity index (χ0v) is 15.9. The number of aromatic nitrogens is 1. The number of hydrogen-bond donors (Lipinski definition) is 0. The third-order valence-corrected chi connectivity index (χ3v) is 6.17. The van der Waals surface area contributed by atoms with Crippen molar-refractivity contribution in [2.45, 2.75) is 32.2 Å². The summed E-state index contributed by atoms with van der Waals surface area (Å²) in [5, 5.41) is 1.40. The van der Waals surface area contributed by atoms with Crippen molar-refractivity contribution in [3.63, 3.8) is 0 Å². The Bertz CT molecular complexity index is 886. The smallest absolute Gasteiger partial charge is 0.0671 e. The lowest BCUT2D eigenvalue weighted by Crippen LogP contribution is -2.28. The predicted octanol–water partition coefficient (Wildman–Crippen LogP) is 5.85. The molecule has 1 heterocycles. The van der Waals surface area contributed by atoms with Gasteiger partial charge < -0.3 is 4.57 Å². The van der Waals surface area contributed by atoms with Crippen molar-refractivity contribution < 1.29 is 0 Å². The van der Waals surface area contributed by atoms with Gasteiger partial charge in [-0.15, -0.1) is 0 Å². The molecule has 0 bridgehead atoms. The fourth-order valence-corrected chi connectivity index (χ4v) is 5.29. The van der Waals surface area contributed by atoms with Gasteiger partial charge in [0, 0.05) is 39.2 Å². The summed E-state index contributed by atoms with van der Waals surface area (Å²) in [6, 6.07) is 15.6. The first-order chi connectivity index (χ1) is 10.4. The summed E-state index contributed by atoms with van der Waals surface area (Å²) in [5.41, 5.74) is 7.26. The minimum atomic E-state index is -1.19. The van der Waals surface area contributed by atoms with Gasteiger partial charge in [-0.25, -0.2) is 0 Å². The van der Waals surface area contributed by atoms with Crippen LogP contribution in [0.4, 0.5) is 0 Å². The molecule has 112 valence electrons. The Morgan fingerprint density at radius 1 is 1.09 bits per heavy atom. The molecule has 2 aromatic carbocycles. The van der Waals surface area contributed by atoms with Crippen molar-refractivity contribution in [3.05, 3.63) is 58.2 Å². The molecule has 0 spiro atoms. The van der Waals surface area contributed by atoms with Gasteiger partial charge in [-0.05, 0) is 29.3 Å². The molecule has 1 aliphatic carbocycles. The maximum Gasteiger partial charge on any atom is 0.0671 e. The van der Waals surface area contributed by atoms with Crippen molar-refractivity contribution in [1.82, 2.24) is 4.57 Å². The second-order valence-corrected chi connectivity index (χ2v) is 13.8. The lowest BCUT2D eigenvalue weighted by molar-refractivity contribution is 0.840. The Hall–Kier alpha value is -1.32. The van der Waals surface area contributed by atoms with Crippen LogP contribution < -0.4 is 0 Å². The van der Waals surface area contributed by atoms with E-state index in [0.717, 1.165) is 10.9 Å². The highest BCUT2D eigenvalue weighted by Gasteiger charge is 2.28. The Morgan fingerprint density at radius 2 is 1.86 bits per heavy atom. The van der Waals surface area contributed by atoms with Crippen LogP contribution in [0.2, 0.25) is 19.6 Å². The van der Waals surface area contributed by atoms with Crippen molar-refractivity contribution in [2.24, 2.45) is 0 Å². The van der Waals surface area contributed by atoms with Crippen molar-refractivity contribution >= 4 is 34.9 Å². The van der Waals surface area contributed by atoms with Gasteiger partial charge in [-0.2, -0.15) is 0 Å². The van der Waals surface area contributed by atoms with E-state index >= 15 is 0 Å². The van der Waals surface area contributed by atoms with Crippen LogP contribution in [0.1, 0.15) is 11.3 Å². The second kappa shape index (κ2) is 4.84. The Balaban J connectivity index is 2.05. The van der Waals surface area contributed by atoms with Gasteiger partial charge in [-0.1, -0.05) is 59.8 Å². The number of rotatable bonds is 2. The standard InChI is InChI=1S/C19H20BrNSi/c1-22(2,3)12-21-17-9-8-14(20)11-16(17)19-15-7-5-4-6-13(15)10-18(19)21/h4-9,11H,10,12H2,1-3H3. The zero-order chi connectivity index (χ0) is 15.5. The quantitative estimate of drug-likeness (QED) is 0.390. The Morgan fingerprint density at radius 3 is 2.64 bits per heavy atom. The van der Waals surface area contributed by atoms with Crippen LogP contribution in [0.5, 0.6) is 0 Å². The normalized spacial score (nSPS) is 13.5. The summed E-state index contributed by atoms with van der Waals surface area (Å²) in [4.78, 5) is 0. The molecule has 0 N–H and O–H groups in total. The summed E-state index contributed by atoms with van der Waals surface area (Å²) in [7, 11) is -1.19. The van der Waals surface area contributed by atoms with Crippen LogP contribution >= 0.6 is 15.9 Å². The first kappa shape index (κ1) is 14.3. The molecule has 0 atom stereocenters. The molecule has 4 rings (SSSR count). The maximum atomic E-state index is 3.65. The van der Waals surface area contributed by atoms with Crippen LogP contribution in [0.25, 0.3) is 22.0 Å². The van der Waals surface area contributed by atoms with E-state index in [1.807, 2.05) is 0 Å². The van der Waals surface area contributed by atoms with Crippen molar-refractivity contribution in [1.29, 1.82) is 0 Å². The van der Waals surface area contributed by atoms with E-state index in [4.69, 9.17) is 0 Å². The van der Waals surface area contributed by atoms with E-state index in [9.17, 15) is 0 Å². The van der Waals surface area contributed by atoms with Crippen molar-refractivity contribution in [3.8, 4) is 11.1 Å². The number of nitrogens with zero attached hydrogens (tertiary/aromatic N) is 1. The van der Waals surface area contributed by atoms with Gasteiger partial charge in [0.2, 0.25) is 0 Å². The van der Waals surface area contributed by atoms with Gasteiger partial charge in [-0.3, -0.25) is 0 Å². The second-order valence-electron chi connectivity index (χ2n) is 7.46. The van der Waals surface area contributed by atoms with E-state index in [-0.39, 0.29) is 0 Å². The molecular weight excluding hydrogens is 350 g/mol. The SMILES string of the molecule is C[Si](C)(C)Cn1c2c(c3cc(Br)ccc31)-c1ccccc1C2. The minimum Gasteiger partial charge on any atom is -0.347 e. The van der Waals surface area contributed by atoms with E-state index in [2.05, 4.69) is 82.6 Å². The average Bonchev–Trinajstić information content (AvgIpc) is 2.94. The summed E-state index contributed by atoms with van der Waals surface area (Å²) in [6.07, 6.45) is 2.26. The van der Waals surface area contributed by atoms with Gasteiger partial charge in [0.15, 0.2) is 0 Å². The van der Waals surface area contributed by atoms with Crippen molar-refractivity contribution in [2.75, 3.05) is 0 Å². The largest absolute Gasteiger partial charge is 0.347 e. The monoisotopic (exact) mass is 369 g/mol. The first-order valence-corrected chi connectivity index (χ1v) is 12.3. The van der Waals surface area contributed by atoms with Crippen LogP contribution in [0, 0.1) is 0 Å². The molecule has 3 aromatic rings. The summed E-state index contributed by atoms with van der Waals surface area (Å²) in [5.74, 6) is 0. The van der Waals surface area contributed by atoms with Crippen LogP contribution in [-0.4, -0.2) is 12.6 Å². The molecule has 3 heteroatoms. The summed E-state index contributed by atoms with van der Waals surface area (Å²) in [6.45, 7) is 7.35. The molecule has 0 unspecified atom stereocenters. The molecule has 0 amide bonds. The third-order valence-electron chi connectivity index (χ3n) is 4.41. The van der Waals surface area contributed by atoms with E-state index in [0.29, 0.717) is 0 Å². The highest BCUT2D eigenvalue weighted by molar-refractivity contribution is 9.10. The lowest BCUT2D eigenvalue weighted by atomic mass is 10.0. The highest BCUT2D eigenvalue weighted by atomic mass is 79.9. The number of halogens is 1. The van der Waals surface area contributed by atoms with E-state index in [1.165, 1.54) is 39.5 Å². The van der Waals surface area contributed by atoms with Crippen LogP contribution in [0.15, 0.2) is 46.9 Å². The van der Waals surface area contributed by atoms with E-state index in [1.54, 1.807) is 0 Å². The average molecular weight is 370 g/mol. The molecule has 1 nitrogen and oxygen atoms in total. The topological polar surface area (TPSA) is 4.93 Å². The fraction of sp³-hybridized carbons (Fsp3) is 0.263. The lowest BCUT2D eigenvalue weighted by Gasteiger charge is -2.20. The molecule has 1 aromatic heterocycles. The summed E-state index contributed by atoms with van der Waals surface area (Å²) >= 11 is 3.65. The molecule has 0 fully saturated rings. The number of hydrogen-bond acceptors (Lipinski definition) is 0. The molecule has 0 saturated heterocycles. The van der Waals surface area contributed by atoms with Crippen LogP contribution in [0.3, 0.4) is 0 Å². The molecule has 0 radical (unpaired) electrons. The van der Waals surface area contributed by atoms with Gasteiger partial charge in [0.25, 0.3) is 0 Å². The highest BCUT2D eigenvalue weighted by Crippen LogP contribution is 2.44. The first-order valence-electron chi connectivity index (χ1n) is 7.83. The summed E-state index contributed by atoms with van der Waals surface area (Å²) < 4.78 is 3.76. The van der Waals surface area contributed by atoms with Gasteiger partial charge in [0.05, 0.1) is 8.07 Å². The molecule has 22 heavy (non-hydrogen) atoms. The Labute approximate surface area is 141 Å². The predicted molar refractivity (Wildman–Crippen MR) is 101 cm³/mol. The number of benzene rings is 2. The molecule has 0 aliphatic heterocycles. The maximum absolute atomic E-state index is 3.65. The van der Waals surface area contributed by atoms with E-state index < -0.39 is 8.07 Å². The fourth-order valence-electron chi connectivity index (χ4n) is 3.62. The van der Waals surface area contributed by atoms with Gasteiger partial charge in [0.1, 0.15) is 0 Å². The third kappa shape index (κ3) is 2.19. The zero-order valence-electron chi connectivity index (χ0n) is 13.3. The van der Waals surface area contributed by atoms with Gasteiger partial charge >= 0.3 is 0 Å². The minimum absolute atomic E-state index is 1.07. The Kier molecular flexibility index (Phi) is 3.14. The molecule has 1 aliphatic rings. The molecular formula is C19H20BrNSi.